The molecule has 7 heteroatoms. The molecular weight excluding hydrogens is 419 g/mol. The number of benzene rings is 3. The molecule has 32 heavy (non-hydrogen) atoms. The topological polar surface area (TPSA) is 64.2 Å². The number of halogens is 3. The molecule has 1 aromatic heterocycles. The van der Waals surface area contributed by atoms with Crippen molar-refractivity contribution in [3.05, 3.63) is 102 Å². The van der Waals surface area contributed by atoms with E-state index in [0.717, 1.165) is 5.56 Å². The van der Waals surface area contributed by atoms with Crippen molar-refractivity contribution < 1.29 is 32.7 Å². The number of nitrogens with zero attached hydrogens (tertiary/aromatic N) is 1. The smallest absolute Gasteiger partial charge is 0.430 e. The van der Waals surface area contributed by atoms with Crippen LogP contribution in [0.3, 0.4) is 0 Å². The molecule has 1 aliphatic heterocycles. The predicted octanol–water partition coefficient (Wildman–Crippen LogP) is 4.02. The van der Waals surface area contributed by atoms with E-state index in [1.54, 1.807) is 12.1 Å². The number of carboxylic acid groups (broad SMARTS) is 1. The van der Waals surface area contributed by atoms with Crippen LogP contribution in [0.25, 0.3) is 28.1 Å². The normalized spacial score (nSPS) is 13.3. The van der Waals surface area contributed by atoms with E-state index >= 15 is 0 Å². The number of alkyl halides is 3. The van der Waals surface area contributed by atoms with Crippen LogP contribution in [-0.4, -0.2) is 17.3 Å². The number of hydrogen-bond donors (Lipinski definition) is 1. The van der Waals surface area contributed by atoms with Gasteiger partial charge in [-0.2, -0.15) is 17.7 Å². The summed E-state index contributed by atoms with van der Waals surface area (Å²) in [6.07, 6.45) is -0.849. The highest BCUT2D eigenvalue weighted by Gasteiger charge is 2.33. The van der Waals surface area contributed by atoms with Gasteiger partial charge >= 0.3 is 6.18 Å². The van der Waals surface area contributed by atoms with Crippen LogP contribution < -0.4 is 9.67 Å². The van der Waals surface area contributed by atoms with Crippen molar-refractivity contribution in [2.45, 2.75) is 6.18 Å². The standard InChI is InChI=1S/C23H15NO.C2HF3O2/c25-18-11-9-16(10-12-18)15-21-20-7-3-4-8-22(20)24-14-13-17-5-1-2-6-19(17)23(21)24;3-2(4,5)1(6)7/h1-15H;(H,6,7). The average Bonchev–Trinajstić information content (AvgIpc) is 3.09. The number of fused-ring (bicyclic) bond motifs is 5. The van der Waals surface area contributed by atoms with Gasteiger partial charge in [-0.3, -0.25) is 0 Å². The second-order valence-corrected chi connectivity index (χ2v) is 7.07. The maximum absolute atomic E-state index is 10.5. The Morgan fingerprint density at radius 1 is 0.906 bits per heavy atom. The first-order valence-electron chi connectivity index (χ1n) is 9.58. The molecule has 0 amide bonds. The Kier molecular flexibility index (Phi) is 5.40. The molecule has 3 aromatic carbocycles. The van der Waals surface area contributed by atoms with Gasteiger partial charge in [0, 0.05) is 12.1 Å². The minimum Gasteiger partial charge on any atom is -0.542 e. The Hall–Kier alpha value is -4.13. The number of phenols is 1. The zero-order valence-electron chi connectivity index (χ0n) is 16.5. The molecule has 0 fully saturated rings. The van der Waals surface area contributed by atoms with E-state index in [0.29, 0.717) is 0 Å². The van der Waals surface area contributed by atoms with Crippen LogP contribution in [0.2, 0.25) is 0 Å². The van der Waals surface area contributed by atoms with Crippen molar-refractivity contribution in [2.24, 2.45) is 0 Å². The molecule has 0 atom stereocenters. The van der Waals surface area contributed by atoms with Gasteiger partial charge in [-0.25, -0.2) is 0 Å². The number of aromatic nitrogens is 1. The number of carbonyl (C=O) groups excluding carboxylic acids is 1. The second-order valence-electron chi connectivity index (χ2n) is 7.07. The Labute approximate surface area is 181 Å². The Bertz CT molecular complexity index is 1340. The molecule has 5 rings (SSSR count). The lowest BCUT2D eigenvalue weighted by atomic mass is 9.98. The molecule has 1 aliphatic rings. The third kappa shape index (κ3) is 4.05. The van der Waals surface area contributed by atoms with Gasteiger partial charge in [-0.1, -0.05) is 42.5 Å². The lowest BCUT2D eigenvalue weighted by molar-refractivity contribution is -0.592. The highest BCUT2D eigenvalue weighted by atomic mass is 19.4. The second kappa shape index (κ2) is 8.19. The lowest BCUT2D eigenvalue weighted by Crippen LogP contribution is -2.37. The molecule has 2 heterocycles. The van der Waals surface area contributed by atoms with Gasteiger partial charge in [0.05, 0.1) is 16.5 Å². The first-order valence-corrected chi connectivity index (χ1v) is 9.58. The maximum Gasteiger partial charge on any atom is 0.430 e. The van der Waals surface area contributed by atoms with Crippen LogP contribution >= 0.6 is 0 Å². The van der Waals surface area contributed by atoms with Crippen LogP contribution in [0, 0.1) is 0 Å². The molecule has 0 aliphatic carbocycles. The molecule has 0 radical (unpaired) electrons. The number of para-hydroxylation sites is 1. The number of hydrogen-bond acceptors (Lipinski definition) is 3. The number of carboxylic acids is 1. The largest absolute Gasteiger partial charge is 0.542 e. The number of aliphatic carboxylic acids is 1. The summed E-state index contributed by atoms with van der Waals surface area (Å²) in [5.74, 6) is -2.72. The van der Waals surface area contributed by atoms with Crippen LogP contribution in [0.1, 0.15) is 16.8 Å². The number of rotatable bonds is 1. The third-order valence-electron chi connectivity index (χ3n) is 5.00. The van der Waals surface area contributed by atoms with Gasteiger partial charge < -0.3 is 15.0 Å². The third-order valence-corrected chi connectivity index (χ3v) is 5.00. The number of pyridine rings is 1. The minimum atomic E-state index is -5.19. The molecule has 0 bridgehead atoms. The van der Waals surface area contributed by atoms with E-state index in [4.69, 9.17) is 9.90 Å². The molecule has 0 saturated carbocycles. The van der Waals surface area contributed by atoms with Crippen molar-refractivity contribution in [1.29, 1.82) is 0 Å². The summed E-state index contributed by atoms with van der Waals surface area (Å²) in [4.78, 5) is 8.78. The number of carbonyl (C=O) groups is 1. The van der Waals surface area contributed by atoms with E-state index in [1.165, 1.54) is 33.3 Å². The van der Waals surface area contributed by atoms with Crippen LogP contribution in [0.15, 0.2) is 85.1 Å². The van der Waals surface area contributed by atoms with Gasteiger partial charge in [0.2, 0.25) is 11.4 Å². The summed E-state index contributed by atoms with van der Waals surface area (Å²) < 4.78 is 33.8. The van der Waals surface area contributed by atoms with Gasteiger partial charge in [0.1, 0.15) is 11.7 Å². The van der Waals surface area contributed by atoms with Gasteiger partial charge in [0.15, 0.2) is 6.20 Å². The van der Waals surface area contributed by atoms with Gasteiger partial charge in [0.25, 0.3) is 0 Å². The molecule has 1 N–H and O–H groups in total. The molecule has 0 unspecified atom stereocenters. The zero-order valence-corrected chi connectivity index (χ0v) is 16.5. The van der Waals surface area contributed by atoms with Gasteiger partial charge in [-0.15, -0.1) is 0 Å². The van der Waals surface area contributed by atoms with Crippen molar-refractivity contribution >= 4 is 28.4 Å². The van der Waals surface area contributed by atoms with E-state index in [1.807, 2.05) is 12.1 Å². The fourth-order valence-electron chi connectivity index (χ4n) is 3.62. The van der Waals surface area contributed by atoms with E-state index < -0.39 is 12.1 Å². The van der Waals surface area contributed by atoms with Crippen LogP contribution in [0.4, 0.5) is 13.2 Å². The highest BCUT2D eigenvalue weighted by molar-refractivity contribution is 6.02. The monoisotopic (exact) mass is 435 g/mol. The van der Waals surface area contributed by atoms with Crippen molar-refractivity contribution in [3.63, 3.8) is 0 Å². The molecule has 4 aromatic rings. The summed E-state index contributed by atoms with van der Waals surface area (Å²) in [5, 5.41) is 20.8. The van der Waals surface area contributed by atoms with E-state index in [-0.39, 0.29) is 5.75 Å². The molecular formula is C25H16F3NO3. The fraction of sp³-hybridized carbons (Fsp3) is 0.0400. The summed E-state index contributed by atoms with van der Waals surface area (Å²) in [6, 6.07) is 26.5. The molecule has 0 saturated heterocycles. The lowest BCUT2D eigenvalue weighted by Gasteiger charge is -2.03. The quantitative estimate of drug-likeness (QED) is 0.405. The number of aromatic hydroxyl groups is 1. The molecule has 0 spiro atoms. The summed E-state index contributed by atoms with van der Waals surface area (Å²) in [7, 11) is 0. The predicted molar refractivity (Wildman–Crippen MR) is 112 cm³/mol. The summed E-state index contributed by atoms with van der Waals surface area (Å²) >= 11 is 0. The Morgan fingerprint density at radius 2 is 1.53 bits per heavy atom. The SMILES string of the molecule is O=C([O-])C(F)(F)F.Oc1ccc(/C=C2/c3ccccc3-[n+]3ccc4ccccc4c32)cc1. The van der Waals surface area contributed by atoms with E-state index in [9.17, 15) is 18.3 Å². The minimum absolute atomic E-state index is 0.286. The Morgan fingerprint density at radius 3 is 2.22 bits per heavy atom. The summed E-state index contributed by atoms with van der Waals surface area (Å²) in [6.45, 7) is 0. The van der Waals surface area contributed by atoms with Crippen LogP contribution in [0.5, 0.6) is 5.75 Å². The highest BCUT2D eigenvalue weighted by Crippen LogP contribution is 2.36. The summed E-state index contributed by atoms with van der Waals surface area (Å²) in [5.41, 5.74) is 5.93. The first kappa shape index (κ1) is 21.1. The maximum atomic E-state index is 10.5. The fourth-order valence-corrected chi connectivity index (χ4v) is 3.62. The van der Waals surface area contributed by atoms with Crippen molar-refractivity contribution in [1.82, 2.24) is 0 Å². The average molecular weight is 435 g/mol. The van der Waals surface area contributed by atoms with Crippen molar-refractivity contribution in [3.8, 4) is 11.4 Å². The van der Waals surface area contributed by atoms with E-state index in [2.05, 4.69) is 71.4 Å². The Balaban J connectivity index is 0.000000307. The zero-order chi connectivity index (χ0) is 22.9. The van der Waals surface area contributed by atoms with Crippen molar-refractivity contribution in [2.75, 3.05) is 0 Å². The van der Waals surface area contributed by atoms with Crippen LogP contribution in [-0.2, 0) is 4.79 Å². The molecule has 160 valence electrons. The first-order chi connectivity index (χ1) is 15.3. The molecule has 4 nitrogen and oxygen atoms in total. The number of phenolic OH excluding ortho intramolecular Hbond substituents is 1. The van der Waals surface area contributed by atoms with Gasteiger partial charge in [-0.05, 0) is 41.3 Å².